The van der Waals surface area contributed by atoms with Gasteiger partial charge in [0.1, 0.15) is 5.69 Å². The molecule has 0 saturated heterocycles. The maximum absolute atomic E-state index is 12.8. The number of anilines is 1. The summed E-state index contributed by atoms with van der Waals surface area (Å²) in [6.07, 6.45) is 1.64. The van der Waals surface area contributed by atoms with Crippen molar-refractivity contribution in [3.05, 3.63) is 69.8 Å². The fourth-order valence-electron chi connectivity index (χ4n) is 3.05. The number of ether oxygens (including phenoxy) is 1. The molecule has 1 aliphatic carbocycles. The Morgan fingerprint density at radius 2 is 1.87 bits per heavy atom. The van der Waals surface area contributed by atoms with Crippen LogP contribution in [-0.2, 0) is 9.53 Å². The van der Waals surface area contributed by atoms with Crippen LogP contribution in [0.15, 0.2) is 48.5 Å². The van der Waals surface area contributed by atoms with E-state index in [-0.39, 0.29) is 29.8 Å². The van der Waals surface area contributed by atoms with Crippen LogP contribution in [0.5, 0.6) is 0 Å². The average molecular weight is 411 g/mol. The Kier molecular flexibility index (Phi) is 6.66. The highest BCUT2D eigenvalue weighted by Crippen LogP contribution is 2.31. The molecule has 0 aromatic heterocycles. The molecule has 3 rings (SSSR count). The largest absolute Gasteiger partial charge is 0.463 e. The topological polar surface area (TPSA) is 111 Å². The van der Waals surface area contributed by atoms with Crippen LogP contribution in [0.4, 0.5) is 11.4 Å². The van der Waals surface area contributed by atoms with Gasteiger partial charge in [-0.1, -0.05) is 30.3 Å². The molecule has 0 aliphatic heterocycles. The molecule has 8 heteroatoms. The third-order valence-corrected chi connectivity index (χ3v) is 4.64. The van der Waals surface area contributed by atoms with E-state index in [1.54, 1.807) is 38.1 Å². The SMILES string of the molecule is CC(C)OC(=O)CC(NC(=O)c1ccc(NC2CC2)c([N+](=O)[O-])c1)c1ccccc1. The number of hydrogen-bond acceptors (Lipinski definition) is 6. The highest BCUT2D eigenvalue weighted by atomic mass is 16.6. The van der Waals surface area contributed by atoms with Crippen LogP contribution in [0.1, 0.15) is 55.1 Å². The number of rotatable bonds is 9. The van der Waals surface area contributed by atoms with E-state index in [9.17, 15) is 19.7 Å². The van der Waals surface area contributed by atoms with E-state index in [1.807, 2.05) is 18.2 Å². The van der Waals surface area contributed by atoms with Gasteiger partial charge >= 0.3 is 5.97 Å². The molecule has 158 valence electrons. The number of hydrogen-bond donors (Lipinski definition) is 2. The Balaban J connectivity index is 1.79. The lowest BCUT2D eigenvalue weighted by molar-refractivity contribution is -0.384. The van der Waals surface area contributed by atoms with Crippen molar-refractivity contribution in [3.63, 3.8) is 0 Å². The maximum atomic E-state index is 12.8. The van der Waals surface area contributed by atoms with Gasteiger partial charge in [-0.3, -0.25) is 19.7 Å². The summed E-state index contributed by atoms with van der Waals surface area (Å²) in [5.74, 6) is -0.934. The minimum atomic E-state index is -0.617. The number of esters is 1. The number of benzene rings is 2. The Labute approximate surface area is 174 Å². The maximum Gasteiger partial charge on any atom is 0.308 e. The molecular weight excluding hydrogens is 386 g/mol. The lowest BCUT2D eigenvalue weighted by Crippen LogP contribution is -2.31. The first-order valence-corrected chi connectivity index (χ1v) is 9.93. The molecule has 0 spiro atoms. The van der Waals surface area contributed by atoms with Crippen molar-refractivity contribution in [3.8, 4) is 0 Å². The average Bonchev–Trinajstić information content (AvgIpc) is 3.51. The monoisotopic (exact) mass is 411 g/mol. The van der Waals surface area contributed by atoms with Crippen LogP contribution in [-0.4, -0.2) is 28.9 Å². The Morgan fingerprint density at radius 1 is 1.17 bits per heavy atom. The van der Waals surface area contributed by atoms with Gasteiger partial charge in [-0.05, 0) is 44.4 Å². The van der Waals surface area contributed by atoms with Crippen LogP contribution >= 0.6 is 0 Å². The molecule has 1 saturated carbocycles. The van der Waals surface area contributed by atoms with E-state index in [1.165, 1.54) is 6.07 Å². The predicted octanol–water partition coefficient (Wildman–Crippen LogP) is 3.98. The smallest absolute Gasteiger partial charge is 0.308 e. The van der Waals surface area contributed by atoms with Gasteiger partial charge < -0.3 is 15.4 Å². The molecule has 1 fully saturated rings. The van der Waals surface area contributed by atoms with Crippen molar-refractivity contribution in [1.82, 2.24) is 5.32 Å². The zero-order valence-electron chi connectivity index (χ0n) is 17.0. The van der Waals surface area contributed by atoms with Gasteiger partial charge in [0.15, 0.2) is 0 Å². The molecule has 30 heavy (non-hydrogen) atoms. The number of carbonyl (C=O) groups is 2. The van der Waals surface area contributed by atoms with Gasteiger partial charge in [0, 0.05) is 17.7 Å². The Bertz CT molecular complexity index is 926. The van der Waals surface area contributed by atoms with Gasteiger partial charge in [0.2, 0.25) is 0 Å². The summed E-state index contributed by atoms with van der Waals surface area (Å²) >= 11 is 0. The summed E-state index contributed by atoms with van der Waals surface area (Å²) in [4.78, 5) is 36.0. The van der Waals surface area contributed by atoms with Gasteiger partial charge in [0.25, 0.3) is 11.6 Å². The van der Waals surface area contributed by atoms with Crippen LogP contribution < -0.4 is 10.6 Å². The molecule has 2 N–H and O–H groups in total. The Hall–Kier alpha value is -3.42. The van der Waals surface area contributed by atoms with Gasteiger partial charge in [-0.25, -0.2) is 0 Å². The van der Waals surface area contributed by atoms with E-state index in [0.29, 0.717) is 5.69 Å². The van der Waals surface area contributed by atoms with Gasteiger partial charge in [0.05, 0.1) is 23.5 Å². The van der Waals surface area contributed by atoms with Crippen molar-refractivity contribution in [2.45, 2.75) is 51.3 Å². The van der Waals surface area contributed by atoms with Crippen molar-refractivity contribution >= 4 is 23.3 Å². The first kappa shape index (κ1) is 21.3. The quantitative estimate of drug-likeness (QED) is 0.367. The van der Waals surface area contributed by atoms with E-state index in [4.69, 9.17) is 4.74 Å². The standard InChI is InChI=1S/C22H25N3O5/c1-14(2)30-21(26)13-19(15-6-4-3-5-7-15)24-22(27)16-8-11-18(23-17-9-10-17)20(12-16)25(28)29/h3-8,11-12,14,17,19,23H,9-10,13H2,1-2H3,(H,24,27). The van der Waals surface area contributed by atoms with Crippen LogP contribution in [0.25, 0.3) is 0 Å². The number of amides is 1. The Morgan fingerprint density at radius 3 is 2.47 bits per heavy atom. The molecule has 2 aromatic carbocycles. The zero-order valence-corrected chi connectivity index (χ0v) is 17.0. The summed E-state index contributed by atoms with van der Waals surface area (Å²) in [7, 11) is 0. The summed E-state index contributed by atoms with van der Waals surface area (Å²) in [6.45, 7) is 3.51. The predicted molar refractivity (Wildman–Crippen MR) is 112 cm³/mol. The van der Waals surface area contributed by atoms with Crippen molar-refractivity contribution < 1.29 is 19.2 Å². The second kappa shape index (κ2) is 9.39. The molecule has 8 nitrogen and oxygen atoms in total. The molecule has 0 bridgehead atoms. The molecule has 2 aromatic rings. The second-order valence-corrected chi connectivity index (χ2v) is 7.59. The minimum absolute atomic E-state index is 0.0443. The molecule has 1 atom stereocenters. The van der Waals surface area contributed by atoms with Crippen molar-refractivity contribution in [2.75, 3.05) is 5.32 Å². The van der Waals surface area contributed by atoms with Gasteiger partial charge in [-0.15, -0.1) is 0 Å². The molecule has 0 radical (unpaired) electrons. The lowest BCUT2D eigenvalue weighted by atomic mass is 10.0. The number of nitrogens with one attached hydrogen (secondary N) is 2. The minimum Gasteiger partial charge on any atom is -0.463 e. The van der Waals surface area contributed by atoms with Crippen LogP contribution in [0.3, 0.4) is 0 Å². The molecule has 1 unspecified atom stereocenters. The summed E-state index contributed by atoms with van der Waals surface area (Å²) in [6, 6.07) is 13.1. The summed E-state index contributed by atoms with van der Waals surface area (Å²) in [5.41, 5.74) is 1.15. The van der Waals surface area contributed by atoms with Crippen LogP contribution in [0.2, 0.25) is 0 Å². The van der Waals surface area contributed by atoms with Crippen molar-refractivity contribution in [1.29, 1.82) is 0 Å². The first-order chi connectivity index (χ1) is 14.3. The van der Waals surface area contributed by atoms with Crippen LogP contribution in [0, 0.1) is 10.1 Å². The third-order valence-electron chi connectivity index (χ3n) is 4.64. The van der Waals surface area contributed by atoms with E-state index in [2.05, 4.69) is 10.6 Å². The zero-order chi connectivity index (χ0) is 21.7. The summed E-state index contributed by atoms with van der Waals surface area (Å²) < 4.78 is 5.21. The highest BCUT2D eigenvalue weighted by molar-refractivity contribution is 5.96. The third kappa shape index (κ3) is 5.79. The molecular formula is C22H25N3O5. The molecule has 1 aliphatic rings. The van der Waals surface area contributed by atoms with Crippen molar-refractivity contribution in [2.24, 2.45) is 0 Å². The highest BCUT2D eigenvalue weighted by Gasteiger charge is 2.26. The first-order valence-electron chi connectivity index (χ1n) is 9.93. The van der Waals surface area contributed by atoms with E-state index >= 15 is 0 Å². The number of nitro benzene ring substituents is 1. The fourth-order valence-corrected chi connectivity index (χ4v) is 3.05. The summed E-state index contributed by atoms with van der Waals surface area (Å²) in [5, 5.41) is 17.4. The fraction of sp³-hybridized carbons (Fsp3) is 0.364. The number of carbonyl (C=O) groups excluding carboxylic acids is 2. The second-order valence-electron chi connectivity index (χ2n) is 7.59. The number of nitrogens with zero attached hydrogens (tertiary/aromatic N) is 1. The van der Waals surface area contributed by atoms with E-state index < -0.39 is 22.8 Å². The number of nitro groups is 1. The lowest BCUT2D eigenvalue weighted by Gasteiger charge is -2.19. The molecule has 0 heterocycles. The normalized spacial score (nSPS) is 14.1. The van der Waals surface area contributed by atoms with Gasteiger partial charge in [-0.2, -0.15) is 0 Å². The van der Waals surface area contributed by atoms with E-state index in [0.717, 1.165) is 18.4 Å². The molecule has 1 amide bonds.